The molecule has 0 spiro atoms. The van der Waals surface area contributed by atoms with Crippen LogP contribution in [0.3, 0.4) is 0 Å². The zero-order valence-electron chi connectivity index (χ0n) is 20.3. The van der Waals surface area contributed by atoms with E-state index >= 15 is 0 Å². The molecule has 2 atom stereocenters. The van der Waals surface area contributed by atoms with E-state index in [1.54, 1.807) is 12.0 Å². The number of nitrogens with one attached hydrogen (secondary N) is 2. The Balaban J connectivity index is 1.55. The molecule has 8 heteroatoms. The molecule has 1 fully saturated rings. The maximum absolute atomic E-state index is 13.7. The topological polar surface area (TPSA) is 86.9 Å². The van der Waals surface area contributed by atoms with E-state index in [9.17, 15) is 9.59 Å². The summed E-state index contributed by atoms with van der Waals surface area (Å²) in [5, 5.41) is 4.13. The molecule has 2 aromatic carbocycles. The van der Waals surface area contributed by atoms with Crippen molar-refractivity contribution in [3.8, 4) is 5.75 Å². The first-order valence-electron chi connectivity index (χ1n) is 12.2. The standard InChI is InChI=1S/C27H32N4O4/c1-34-19-11-9-18(10-12-19)25-24-21(20-7-3-4-8-22(20)29-24)17-23(26(32)35-2)31(25)27(33)28-13-16-30-14-5-6-15-30/h3-4,7-12,23,25,29H,5-6,13-17H2,1-2H3,(H,28,33)/t23-,25+/m1/s1. The molecule has 1 aromatic heterocycles. The van der Waals surface area contributed by atoms with Gasteiger partial charge in [0.2, 0.25) is 0 Å². The van der Waals surface area contributed by atoms with Crippen LogP contribution in [0, 0.1) is 0 Å². The van der Waals surface area contributed by atoms with Crippen molar-refractivity contribution in [2.75, 3.05) is 40.4 Å². The van der Waals surface area contributed by atoms with E-state index in [0.29, 0.717) is 13.0 Å². The van der Waals surface area contributed by atoms with Crippen molar-refractivity contribution < 1.29 is 19.1 Å². The fraction of sp³-hybridized carbons (Fsp3) is 0.407. The lowest BCUT2D eigenvalue weighted by atomic mass is 9.88. The molecule has 2 N–H and O–H groups in total. The van der Waals surface area contributed by atoms with E-state index in [2.05, 4.69) is 21.3 Å². The number of methoxy groups -OCH3 is 2. The van der Waals surface area contributed by atoms with Crippen LogP contribution in [-0.4, -0.2) is 73.2 Å². The van der Waals surface area contributed by atoms with Crippen LogP contribution >= 0.6 is 0 Å². The summed E-state index contributed by atoms with van der Waals surface area (Å²) >= 11 is 0. The lowest BCUT2D eigenvalue weighted by molar-refractivity contribution is -0.146. The SMILES string of the molecule is COC(=O)[C@H]1Cc2c([nH]c3ccccc23)[C@H](c2ccc(OC)cc2)N1C(=O)NCCN1CCCC1. The number of nitrogens with zero attached hydrogens (tertiary/aromatic N) is 2. The van der Waals surface area contributed by atoms with Crippen LogP contribution in [0.1, 0.15) is 35.7 Å². The van der Waals surface area contributed by atoms with Gasteiger partial charge < -0.3 is 24.7 Å². The first kappa shape index (κ1) is 23.2. The van der Waals surface area contributed by atoms with Crippen molar-refractivity contribution in [1.82, 2.24) is 20.1 Å². The fourth-order valence-electron chi connectivity index (χ4n) is 5.41. The molecule has 35 heavy (non-hydrogen) atoms. The van der Waals surface area contributed by atoms with Gasteiger partial charge in [-0.15, -0.1) is 0 Å². The smallest absolute Gasteiger partial charge is 0.329 e. The Bertz CT molecular complexity index is 1200. The van der Waals surface area contributed by atoms with Gasteiger partial charge in [-0.2, -0.15) is 0 Å². The number of amides is 2. The Kier molecular flexibility index (Phi) is 6.63. The summed E-state index contributed by atoms with van der Waals surface area (Å²) in [6.45, 7) is 3.46. The monoisotopic (exact) mass is 476 g/mol. The third kappa shape index (κ3) is 4.46. The second-order valence-corrected chi connectivity index (χ2v) is 9.17. The molecule has 1 saturated heterocycles. The number of carbonyl (C=O) groups excluding carboxylic acids is 2. The van der Waals surface area contributed by atoms with E-state index < -0.39 is 18.1 Å². The summed E-state index contributed by atoms with van der Waals surface area (Å²) in [5.74, 6) is 0.307. The van der Waals surface area contributed by atoms with Crippen LogP contribution in [0.25, 0.3) is 10.9 Å². The van der Waals surface area contributed by atoms with Crippen molar-refractivity contribution in [2.45, 2.75) is 31.3 Å². The number of aromatic nitrogens is 1. The van der Waals surface area contributed by atoms with Crippen molar-refractivity contribution in [3.05, 3.63) is 65.4 Å². The minimum absolute atomic E-state index is 0.273. The quantitative estimate of drug-likeness (QED) is 0.532. The van der Waals surface area contributed by atoms with Gasteiger partial charge in [-0.1, -0.05) is 30.3 Å². The van der Waals surface area contributed by atoms with Crippen LogP contribution < -0.4 is 10.1 Å². The number of likely N-dealkylation sites (tertiary alicyclic amines) is 1. The maximum atomic E-state index is 13.7. The van der Waals surface area contributed by atoms with Gasteiger partial charge in [0.15, 0.2) is 0 Å². The first-order chi connectivity index (χ1) is 17.1. The second kappa shape index (κ2) is 10.00. The van der Waals surface area contributed by atoms with Gasteiger partial charge >= 0.3 is 12.0 Å². The third-order valence-electron chi connectivity index (χ3n) is 7.17. The Morgan fingerprint density at radius 2 is 1.80 bits per heavy atom. The number of urea groups is 1. The van der Waals surface area contributed by atoms with Crippen LogP contribution in [0.15, 0.2) is 48.5 Å². The first-order valence-corrected chi connectivity index (χ1v) is 12.2. The molecular weight excluding hydrogens is 444 g/mol. The van der Waals surface area contributed by atoms with Gasteiger partial charge in [-0.25, -0.2) is 9.59 Å². The zero-order valence-corrected chi connectivity index (χ0v) is 20.3. The number of para-hydroxylation sites is 1. The summed E-state index contributed by atoms with van der Waals surface area (Å²) in [5.41, 5.74) is 3.84. The van der Waals surface area contributed by atoms with Gasteiger partial charge in [0.25, 0.3) is 0 Å². The number of benzene rings is 2. The number of aromatic amines is 1. The van der Waals surface area contributed by atoms with Crippen molar-refractivity contribution in [3.63, 3.8) is 0 Å². The Hall–Kier alpha value is -3.52. The van der Waals surface area contributed by atoms with E-state index in [1.165, 1.54) is 20.0 Å². The highest BCUT2D eigenvalue weighted by Crippen LogP contribution is 2.41. The number of hydrogen-bond donors (Lipinski definition) is 2. The van der Waals surface area contributed by atoms with E-state index in [1.807, 2.05) is 42.5 Å². The number of carbonyl (C=O) groups is 2. The molecule has 0 saturated carbocycles. The van der Waals surface area contributed by atoms with Crippen molar-refractivity contribution in [1.29, 1.82) is 0 Å². The molecule has 0 aliphatic carbocycles. The highest BCUT2D eigenvalue weighted by molar-refractivity contribution is 5.90. The molecule has 2 aliphatic heterocycles. The van der Waals surface area contributed by atoms with Crippen LogP contribution in [0.5, 0.6) is 5.75 Å². The molecular formula is C27H32N4O4. The highest BCUT2D eigenvalue weighted by Gasteiger charge is 2.44. The number of fused-ring (bicyclic) bond motifs is 3. The molecule has 3 aromatic rings. The predicted octanol–water partition coefficient (Wildman–Crippen LogP) is 3.47. The number of hydrogen-bond acceptors (Lipinski definition) is 5. The highest BCUT2D eigenvalue weighted by atomic mass is 16.5. The van der Waals surface area contributed by atoms with Crippen LogP contribution in [0.2, 0.25) is 0 Å². The second-order valence-electron chi connectivity index (χ2n) is 9.17. The van der Waals surface area contributed by atoms with Gasteiger partial charge in [-0.05, 0) is 55.3 Å². The lowest BCUT2D eigenvalue weighted by Crippen LogP contribution is -2.55. The van der Waals surface area contributed by atoms with Gasteiger partial charge in [0.1, 0.15) is 17.8 Å². The molecule has 2 aliphatic rings. The van der Waals surface area contributed by atoms with Gasteiger partial charge in [-0.3, -0.25) is 4.90 Å². The van der Waals surface area contributed by atoms with Crippen LogP contribution in [0.4, 0.5) is 4.79 Å². The van der Waals surface area contributed by atoms with Crippen molar-refractivity contribution in [2.24, 2.45) is 0 Å². The average Bonchev–Trinajstić information content (AvgIpc) is 3.55. The molecule has 0 bridgehead atoms. The van der Waals surface area contributed by atoms with E-state index in [0.717, 1.165) is 53.1 Å². The number of esters is 1. The summed E-state index contributed by atoms with van der Waals surface area (Å²) < 4.78 is 10.5. The molecule has 5 rings (SSSR count). The molecule has 184 valence electrons. The normalized spacial score (nSPS) is 20.0. The number of rotatable bonds is 6. The Morgan fingerprint density at radius 1 is 1.06 bits per heavy atom. The van der Waals surface area contributed by atoms with E-state index in [4.69, 9.17) is 9.47 Å². The fourth-order valence-corrected chi connectivity index (χ4v) is 5.41. The maximum Gasteiger partial charge on any atom is 0.329 e. The van der Waals surface area contributed by atoms with Crippen LogP contribution in [-0.2, 0) is 16.0 Å². The zero-order chi connectivity index (χ0) is 24.4. The number of ether oxygens (including phenoxy) is 2. The lowest BCUT2D eigenvalue weighted by Gasteiger charge is -2.41. The minimum atomic E-state index is -0.745. The molecule has 3 heterocycles. The van der Waals surface area contributed by atoms with Crippen molar-refractivity contribution >= 4 is 22.9 Å². The predicted molar refractivity (Wildman–Crippen MR) is 134 cm³/mol. The molecule has 0 radical (unpaired) electrons. The molecule has 8 nitrogen and oxygen atoms in total. The molecule has 2 amide bonds. The van der Waals surface area contributed by atoms with Gasteiger partial charge in [0, 0.05) is 36.1 Å². The largest absolute Gasteiger partial charge is 0.497 e. The summed E-state index contributed by atoms with van der Waals surface area (Å²) in [6.07, 6.45) is 2.79. The summed E-state index contributed by atoms with van der Waals surface area (Å²) in [6, 6.07) is 14.2. The molecule has 0 unspecified atom stereocenters. The summed E-state index contributed by atoms with van der Waals surface area (Å²) in [4.78, 5) is 34.3. The van der Waals surface area contributed by atoms with E-state index in [-0.39, 0.29) is 6.03 Å². The number of H-pyrrole nitrogens is 1. The Labute approximate surface area is 205 Å². The average molecular weight is 477 g/mol. The van der Waals surface area contributed by atoms with Gasteiger partial charge in [0.05, 0.1) is 14.2 Å². The third-order valence-corrected chi connectivity index (χ3v) is 7.17. The summed E-state index contributed by atoms with van der Waals surface area (Å²) in [7, 11) is 3.00. The minimum Gasteiger partial charge on any atom is -0.497 e. The Morgan fingerprint density at radius 3 is 2.51 bits per heavy atom.